The molecule has 0 saturated heterocycles. The first-order valence-electron chi connectivity index (χ1n) is 8.96. The molecule has 134 valence electrons. The molecule has 0 aliphatic rings. The van der Waals surface area contributed by atoms with Crippen LogP contribution in [0.15, 0.2) is 0 Å². The fraction of sp³-hybridized carbons (Fsp3) is 1.00. The van der Waals surface area contributed by atoms with Crippen LogP contribution in [0.3, 0.4) is 0 Å². The summed E-state index contributed by atoms with van der Waals surface area (Å²) in [5, 5.41) is 0. The van der Waals surface area contributed by atoms with Gasteiger partial charge in [0.25, 0.3) is 0 Å². The van der Waals surface area contributed by atoms with E-state index in [0.717, 1.165) is 12.5 Å². The van der Waals surface area contributed by atoms with Gasteiger partial charge in [-0.2, -0.15) is 0 Å². The van der Waals surface area contributed by atoms with Gasteiger partial charge in [0, 0.05) is 44.2 Å². The van der Waals surface area contributed by atoms with E-state index in [1.807, 2.05) is 0 Å². The summed E-state index contributed by atoms with van der Waals surface area (Å²) < 4.78 is 16.4. The van der Waals surface area contributed by atoms with E-state index in [2.05, 4.69) is 26.2 Å². The molecule has 6 heteroatoms. The quantitative estimate of drug-likeness (QED) is 0.323. The first-order valence-corrected chi connectivity index (χ1v) is 17.4. The highest BCUT2D eigenvalue weighted by molar-refractivity contribution is 6.87. The number of unbranched alkanes of at least 4 members (excludes halogenated alkanes) is 5. The third-order valence-corrected chi connectivity index (χ3v) is 16.7. The highest BCUT2D eigenvalue weighted by atomic mass is 28.4. The maximum Gasteiger partial charge on any atom is 0.500 e. The van der Waals surface area contributed by atoms with Crippen molar-refractivity contribution in [2.45, 2.75) is 82.5 Å². The van der Waals surface area contributed by atoms with Crippen LogP contribution in [-0.4, -0.2) is 47.0 Å². The molecule has 0 aliphatic carbocycles. The van der Waals surface area contributed by atoms with Gasteiger partial charge in [0.05, 0.1) is 0 Å². The van der Waals surface area contributed by atoms with Gasteiger partial charge >= 0.3 is 8.80 Å². The number of rotatable bonds is 14. The molecule has 0 rings (SSSR count). The van der Waals surface area contributed by atoms with E-state index < -0.39 is 16.9 Å². The van der Waals surface area contributed by atoms with Gasteiger partial charge in [0.2, 0.25) is 0 Å². The summed E-state index contributed by atoms with van der Waals surface area (Å²) in [6.07, 6.45) is 8.00. The van der Waals surface area contributed by atoms with Gasteiger partial charge in [-0.1, -0.05) is 70.0 Å². The van der Waals surface area contributed by atoms with E-state index in [4.69, 9.17) is 13.3 Å². The molecule has 0 amide bonds. The predicted molar refractivity (Wildman–Crippen MR) is 105 cm³/mol. The van der Waals surface area contributed by atoms with Crippen molar-refractivity contribution in [3.8, 4) is 0 Å². The number of hydrogen-bond donors (Lipinski definition) is 0. The van der Waals surface area contributed by atoms with Crippen LogP contribution in [0, 0.1) is 0 Å². The zero-order chi connectivity index (χ0) is 17.1. The van der Waals surface area contributed by atoms with Crippen molar-refractivity contribution in [3.05, 3.63) is 0 Å². The Morgan fingerprint density at radius 3 is 1.50 bits per heavy atom. The Balaban J connectivity index is 3.62. The summed E-state index contributed by atoms with van der Waals surface area (Å²) in [6.45, 7) is 10.2. The molecule has 0 aromatic heterocycles. The van der Waals surface area contributed by atoms with Gasteiger partial charge in [0.1, 0.15) is 0 Å². The van der Waals surface area contributed by atoms with Crippen LogP contribution < -0.4 is 0 Å². The van der Waals surface area contributed by atoms with Crippen molar-refractivity contribution >= 4 is 25.7 Å². The van der Waals surface area contributed by atoms with Crippen LogP contribution in [-0.2, 0) is 13.3 Å². The third kappa shape index (κ3) is 10.3. The summed E-state index contributed by atoms with van der Waals surface area (Å²) in [4.78, 5) is 0. The van der Waals surface area contributed by atoms with E-state index in [9.17, 15) is 0 Å². The first kappa shape index (κ1) is 22.5. The monoisotopic (exact) mass is 364 g/mol. The minimum atomic E-state index is -2.32. The van der Waals surface area contributed by atoms with Gasteiger partial charge in [-0.05, 0) is 6.42 Å². The molecule has 0 radical (unpaired) electrons. The van der Waals surface area contributed by atoms with E-state index in [-0.39, 0.29) is 8.80 Å². The average molecular weight is 365 g/mol. The van der Waals surface area contributed by atoms with Gasteiger partial charge in [-0.25, -0.2) is 0 Å². The molecular weight excluding hydrogens is 324 g/mol. The van der Waals surface area contributed by atoms with Crippen molar-refractivity contribution in [2.24, 2.45) is 0 Å². The second-order valence-corrected chi connectivity index (χ2v) is 20.0. The summed E-state index contributed by atoms with van der Waals surface area (Å²) in [5.41, 5.74) is 1.62. The average Bonchev–Trinajstić information content (AvgIpc) is 2.45. The minimum Gasteiger partial charge on any atom is -0.377 e. The molecule has 0 spiro atoms. The Labute approximate surface area is 143 Å². The highest BCUT2D eigenvalue weighted by Crippen LogP contribution is 2.22. The van der Waals surface area contributed by atoms with Crippen molar-refractivity contribution in [3.63, 3.8) is 0 Å². The fourth-order valence-electron chi connectivity index (χ4n) is 3.42. The van der Waals surface area contributed by atoms with Gasteiger partial charge in [-0.15, -0.1) is 0 Å². The largest absolute Gasteiger partial charge is 0.500 e. The molecule has 0 N–H and O–H groups in total. The van der Waals surface area contributed by atoms with E-state index in [1.54, 1.807) is 27.0 Å². The third-order valence-electron chi connectivity index (χ3n) is 4.48. The van der Waals surface area contributed by atoms with Crippen LogP contribution in [0.4, 0.5) is 0 Å². The topological polar surface area (TPSA) is 27.7 Å². The van der Waals surface area contributed by atoms with Crippen molar-refractivity contribution in [1.82, 2.24) is 0 Å². The Morgan fingerprint density at radius 2 is 1.09 bits per heavy atom. The molecule has 0 atom stereocenters. The molecular formula is C16H40O3Si3. The second kappa shape index (κ2) is 12.0. The van der Waals surface area contributed by atoms with Gasteiger partial charge < -0.3 is 13.3 Å². The smallest absolute Gasteiger partial charge is 0.377 e. The lowest BCUT2D eigenvalue weighted by atomic mass is 10.1. The van der Waals surface area contributed by atoms with E-state index in [0.29, 0.717) is 0 Å². The SMILES string of the molecule is CO[Si](CCCCCCCC[Si](C)(C)C[SiH](C)C)(OC)OC. The second-order valence-electron chi connectivity index (χ2n) is 7.68. The van der Waals surface area contributed by atoms with Crippen LogP contribution in [0.25, 0.3) is 0 Å². The summed E-state index contributed by atoms with van der Waals surface area (Å²) in [7, 11) is 1.54. The molecule has 0 saturated carbocycles. The predicted octanol–water partition coefficient (Wildman–Crippen LogP) is 4.94. The maximum atomic E-state index is 5.45. The molecule has 3 nitrogen and oxygen atoms in total. The maximum absolute atomic E-state index is 5.45. The Kier molecular flexibility index (Phi) is 12.3. The fourth-order valence-corrected chi connectivity index (χ4v) is 16.1. The molecule has 0 unspecified atom stereocenters. The van der Waals surface area contributed by atoms with Crippen molar-refractivity contribution < 1.29 is 13.3 Å². The number of hydrogen-bond acceptors (Lipinski definition) is 3. The summed E-state index contributed by atoms with van der Waals surface area (Å²) in [6, 6.07) is 2.47. The minimum absolute atomic E-state index is 0.366. The Hall–Kier alpha value is 0.531. The zero-order valence-corrected chi connectivity index (χ0v) is 19.3. The molecule has 0 bridgehead atoms. The summed E-state index contributed by atoms with van der Waals surface area (Å²) in [5.74, 6) is 0. The standard InChI is InChI=1S/C16H40O3Si3/c1-17-22(18-2,19-3)15-13-11-9-8-10-12-14-21(6,7)16-20(4)5/h20H,8-16H2,1-7H3. The van der Waals surface area contributed by atoms with Gasteiger partial charge in [0.15, 0.2) is 0 Å². The van der Waals surface area contributed by atoms with Crippen LogP contribution in [0.1, 0.15) is 38.5 Å². The van der Waals surface area contributed by atoms with Crippen LogP contribution in [0.5, 0.6) is 0 Å². The van der Waals surface area contributed by atoms with Crippen LogP contribution >= 0.6 is 0 Å². The van der Waals surface area contributed by atoms with Crippen molar-refractivity contribution in [2.75, 3.05) is 21.3 Å². The molecule has 0 aromatic rings. The zero-order valence-electron chi connectivity index (χ0n) is 16.2. The molecule has 0 aromatic carbocycles. The van der Waals surface area contributed by atoms with E-state index in [1.165, 1.54) is 38.1 Å². The Bertz CT molecular complexity index is 261. The lowest BCUT2D eigenvalue weighted by molar-refractivity contribution is 0.122. The van der Waals surface area contributed by atoms with E-state index >= 15 is 0 Å². The molecule has 0 heterocycles. The lowest BCUT2D eigenvalue weighted by Crippen LogP contribution is -2.42. The van der Waals surface area contributed by atoms with Gasteiger partial charge in [-0.3, -0.25) is 0 Å². The molecule has 0 aliphatic heterocycles. The lowest BCUT2D eigenvalue weighted by Gasteiger charge is -2.24. The summed E-state index contributed by atoms with van der Waals surface area (Å²) >= 11 is 0. The molecule has 0 fully saturated rings. The Morgan fingerprint density at radius 1 is 0.682 bits per heavy atom. The van der Waals surface area contributed by atoms with Crippen molar-refractivity contribution in [1.29, 1.82) is 0 Å². The normalized spacial score (nSPS) is 13.1. The first-order chi connectivity index (χ1) is 10.3. The van der Waals surface area contributed by atoms with Crippen LogP contribution in [0.2, 0.25) is 43.9 Å². The highest BCUT2D eigenvalue weighted by Gasteiger charge is 2.36. The molecule has 22 heavy (non-hydrogen) atoms.